The zero-order valence-corrected chi connectivity index (χ0v) is 14.0. The van der Waals surface area contributed by atoms with E-state index in [9.17, 15) is 9.18 Å². The Labute approximate surface area is 142 Å². The smallest absolute Gasteiger partial charge is 0.322 e. The maximum atomic E-state index is 13.8. The number of pyridine rings is 1. The van der Waals surface area contributed by atoms with Crippen molar-refractivity contribution in [3.63, 3.8) is 0 Å². The number of halogens is 2. The zero-order valence-electron chi connectivity index (χ0n) is 12.4. The quantitative estimate of drug-likeness (QED) is 0.871. The molecule has 2 heterocycles. The minimum absolute atomic E-state index is 0.186. The Morgan fingerprint density at radius 3 is 2.61 bits per heavy atom. The third kappa shape index (κ3) is 3.79. The standard InChI is InChI=1S/C16H16BrFN4O/c17-12-4-5-14(13(18)11-12)20-16(23)22-9-7-21(8-10-22)15-3-1-2-6-19-15/h1-6,11H,7-10H2,(H,20,23). The van der Waals surface area contributed by atoms with Crippen LogP contribution in [0.15, 0.2) is 47.1 Å². The van der Waals surface area contributed by atoms with Gasteiger partial charge in [0.25, 0.3) is 0 Å². The number of hydrogen-bond acceptors (Lipinski definition) is 3. The van der Waals surface area contributed by atoms with Crippen molar-refractivity contribution in [3.8, 4) is 0 Å². The average Bonchev–Trinajstić information content (AvgIpc) is 2.58. The SMILES string of the molecule is O=C(Nc1ccc(Br)cc1F)N1CCN(c2ccccn2)CC1. The number of piperazine rings is 1. The van der Waals surface area contributed by atoms with E-state index in [1.165, 1.54) is 6.07 Å². The van der Waals surface area contributed by atoms with E-state index in [2.05, 4.69) is 31.1 Å². The van der Waals surface area contributed by atoms with Crippen molar-refractivity contribution < 1.29 is 9.18 Å². The molecule has 2 aromatic rings. The van der Waals surface area contributed by atoms with Crippen molar-refractivity contribution >= 4 is 33.5 Å². The minimum Gasteiger partial charge on any atom is -0.353 e. The second kappa shape index (κ2) is 6.95. The number of rotatable bonds is 2. The fourth-order valence-corrected chi connectivity index (χ4v) is 2.80. The van der Waals surface area contributed by atoms with Crippen LogP contribution in [0.1, 0.15) is 0 Å². The van der Waals surface area contributed by atoms with Crippen molar-refractivity contribution in [1.82, 2.24) is 9.88 Å². The summed E-state index contributed by atoms with van der Waals surface area (Å²) in [6.45, 7) is 2.54. The first-order valence-corrected chi connectivity index (χ1v) is 8.10. The van der Waals surface area contributed by atoms with Gasteiger partial charge >= 0.3 is 6.03 Å². The molecule has 0 saturated carbocycles. The van der Waals surface area contributed by atoms with Crippen molar-refractivity contribution in [2.24, 2.45) is 0 Å². The van der Waals surface area contributed by atoms with Crippen molar-refractivity contribution in [1.29, 1.82) is 0 Å². The highest BCUT2D eigenvalue weighted by atomic mass is 79.9. The Balaban J connectivity index is 1.58. The summed E-state index contributed by atoms with van der Waals surface area (Å²) in [7, 11) is 0. The van der Waals surface area contributed by atoms with Gasteiger partial charge in [-0.25, -0.2) is 14.2 Å². The molecule has 120 valence electrons. The fourth-order valence-electron chi connectivity index (χ4n) is 2.46. The minimum atomic E-state index is -0.458. The third-order valence-electron chi connectivity index (χ3n) is 3.71. The molecule has 0 bridgehead atoms. The van der Waals surface area contributed by atoms with Crippen LogP contribution in [0.4, 0.5) is 20.7 Å². The molecule has 0 radical (unpaired) electrons. The fraction of sp³-hybridized carbons (Fsp3) is 0.250. The molecule has 1 aromatic carbocycles. The molecule has 0 spiro atoms. The average molecular weight is 379 g/mol. The summed E-state index contributed by atoms with van der Waals surface area (Å²) in [5, 5.41) is 2.62. The molecule has 3 rings (SSSR count). The third-order valence-corrected chi connectivity index (χ3v) is 4.21. The molecule has 0 aliphatic carbocycles. The van der Waals surface area contributed by atoms with E-state index in [-0.39, 0.29) is 11.7 Å². The first-order valence-electron chi connectivity index (χ1n) is 7.30. The van der Waals surface area contributed by atoms with Gasteiger partial charge in [-0.3, -0.25) is 0 Å². The lowest BCUT2D eigenvalue weighted by molar-refractivity contribution is 0.208. The highest BCUT2D eigenvalue weighted by Gasteiger charge is 2.22. The van der Waals surface area contributed by atoms with Crippen molar-refractivity contribution in [2.45, 2.75) is 0 Å². The van der Waals surface area contributed by atoms with Crippen LogP contribution in [0.25, 0.3) is 0 Å². The number of nitrogens with zero attached hydrogens (tertiary/aromatic N) is 3. The van der Waals surface area contributed by atoms with E-state index < -0.39 is 5.82 Å². The molecular weight excluding hydrogens is 363 g/mol. The first-order chi connectivity index (χ1) is 11.1. The van der Waals surface area contributed by atoms with Gasteiger partial charge in [-0.1, -0.05) is 22.0 Å². The Morgan fingerprint density at radius 2 is 1.96 bits per heavy atom. The molecule has 1 fully saturated rings. The number of carbonyl (C=O) groups is 1. The van der Waals surface area contributed by atoms with E-state index in [1.54, 1.807) is 23.2 Å². The summed E-state index contributed by atoms with van der Waals surface area (Å²) < 4.78 is 14.4. The lowest BCUT2D eigenvalue weighted by Crippen LogP contribution is -2.50. The van der Waals surface area contributed by atoms with Crippen LogP contribution < -0.4 is 10.2 Å². The van der Waals surface area contributed by atoms with Crippen LogP contribution >= 0.6 is 15.9 Å². The van der Waals surface area contributed by atoms with E-state index in [0.717, 1.165) is 5.82 Å². The predicted molar refractivity (Wildman–Crippen MR) is 91.1 cm³/mol. The Kier molecular flexibility index (Phi) is 4.76. The van der Waals surface area contributed by atoms with Crippen LogP contribution in [-0.4, -0.2) is 42.1 Å². The molecule has 1 saturated heterocycles. The van der Waals surface area contributed by atoms with Gasteiger partial charge in [0.05, 0.1) is 5.69 Å². The molecule has 0 atom stereocenters. The number of benzene rings is 1. The van der Waals surface area contributed by atoms with Gasteiger partial charge in [-0.05, 0) is 30.3 Å². The summed E-state index contributed by atoms with van der Waals surface area (Å²) in [6.07, 6.45) is 1.75. The molecule has 0 unspecified atom stereocenters. The maximum Gasteiger partial charge on any atom is 0.322 e. The second-order valence-corrected chi connectivity index (χ2v) is 6.13. The van der Waals surface area contributed by atoms with Crippen LogP contribution in [0.3, 0.4) is 0 Å². The second-order valence-electron chi connectivity index (χ2n) is 5.22. The van der Waals surface area contributed by atoms with E-state index in [1.807, 2.05) is 18.2 Å². The Morgan fingerprint density at radius 1 is 1.17 bits per heavy atom. The number of anilines is 2. The van der Waals surface area contributed by atoms with Crippen LogP contribution in [-0.2, 0) is 0 Å². The van der Waals surface area contributed by atoms with Gasteiger partial charge in [0, 0.05) is 36.8 Å². The van der Waals surface area contributed by atoms with Crippen molar-refractivity contribution in [2.75, 3.05) is 36.4 Å². The molecule has 1 aliphatic rings. The topological polar surface area (TPSA) is 48.5 Å². The Hall–Kier alpha value is -2.15. The summed E-state index contributed by atoms with van der Waals surface area (Å²) in [6, 6.07) is 10.0. The zero-order chi connectivity index (χ0) is 16.2. The number of urea groups is 1. The van der Waals surface area contributed by atoms with Crippen LogP contribution in [0.2, 0.25) is 0 Å². The number of aromatic nitrogens is 1. The normalized spacial score (nSPS) is 14.7. The van der Waals surface area contributed by atoms with Gasteiger partial charge in [0.1, 0.15) is 11.6 Å². The summed E-state index contributed by atoms with van der Waals surface area (Å²) >= 11 is 3.19. The number of carbonyl (C=O) groups excluding carboxylic acids is 1. The number of hydrogen-bond donors (Lipinski definition) is 1. The highest BCUT2D eigenvalue weighted by Crippen LogP contribution is 2.20. The van der Waals surface area contributed by atoms with Crippen LogP contribution in [0.5, 0.6) is 0 Å². The summed E-state index contributed by atoms with van der Waals surface area (Å²) in [5.74, 6) is 0.450. The lowest BCUT2D eigenvalue weighted by atomic mass is 10.3. The van der Waals surface area contributed by atoms with Crippen LogP contribution in [0, 0.1) is 5.82 Å². The summed E-state index contributed by atoms with van der Waals surface area (Å²) in [5.41, 5.74) is 0.186. The molecule has 5 nitrogen and oxygen atoms in total. The van der Waals surface area contributed by atoms with Crippen molar-refractivity contribution in [3.05, 3.63) is 52.9 Å². The van der Waals surface area contributed by atoms with Gasteiger partial charge in [-0.15, -0.1) is 0 Å². The number of amides is 2. The maximum absolute atomic E-state index is 13.8. The van der Waals surface area contributed by atoms with Gasteiger partial charge in [0.15, 0.2) is 0 Å². The molecule has 1 aliphatic heterocycles. The van der Waals surface area contributed by atoms with E-state index in [4.69, 9.17) is 0 Å². The monoisotopic (exact) mass is 378 g/mol. The molecule has 23 heavy (non-hydrogen) atoms. The lowest BCUT2D eigenvalue weighted by Gasteiger charge is -2.35. The van der Waals surface area contributed by atoms with Gasteiger partial charge in [0.2, 0.25) is 0 Å². The summed E-state index contributed by atoms with van der Waals surface area (Å²) in [4.78, 5) is 20.4. The predicted octanol–water partition coefficient (Wildman–Crippen LogP) is 3.34. The number of nitrogens with one attached hydrogen (secondary N) is 1. The molecular formula is C16H16BrFN4O. The Bertz CT molecular complexity index is 690. The highest BCUT2D eigenvalue weighted by molar-refractivity contribution is 9.10. The molecule has 1 N–H and O–H groups in total. The first kappa shape index (κ1) is 15.7. The van der Waals surface area contributed by atoms with E-state index in [0.29, 0.717) is 30.7 Å². The van der Waals surface area contributed by atoms with Gasteiger partial charge in [-0.2, -0.15) is 0 Å². The molecule has 2 amide bonds. The molecule has 7 heteroatoms. The largest absolute Gasteiger partial charge is 0.353 e. The van der Waals surface area contributed by atoms with E-state index >= 15 is 0 Å². The van der Waals surface area contributed by atoms with Gasteiger partial charge < -0.3 is 15.1 Å². The molecule has 1 aromatic heterocycles.